The van der Waals surface area contributed by atoms with E-state index in [0.717, 1.165) is 31.1 Å². The summed E-state index contributed by atoms with van der Waals surface area (Å²) in [7, 11) is 1.97. The minimum Gasteiger partial charge on any atom is -0.376 e. The van der Waals surface area contributed by atoms with E-state index in [9.17, 15) is 0 Å². The van der Waals surface area contributed by atoms with Crippen LogP contribution in [0.2, 0.25) is 0 Å². The van der Waals surface area contributed by atoms with Gasteiger partial charge in [-0.25, -0.2) is 0 Å². The number of aryl methyl sites for hydroxylation is 2. The van der Waals surface area contributed by atoms with Crippen molar-refractivity contribution in [3.63, 3.8) is 0 Å². The Kier molecular flexibility index (Phi) is 5.48. The number of nitrogens with one attached hydrogen (secondary N) is 1. The first-order valence-corrected chi connectivity index (χ1v) is 6.40. The number of rotatable bonds is 7. The summed E-state index contributed by atoms with van der Waals surface area (Å²) in [6, 6.07) is 0. The van der Waals surface area contributed by atoms with Crippen molar-refractivity contribution in [2.45, 2.75) is 40.7 Å². The highest BCUT2D eigenvalue weighted by atomic mass is 16.5. The third-order valence-corrected chi connectivity index (χ3v) is 2.59. The van der Waals surface area contributed by atoms with Crippen LogP contribution in [-0.4, -0.2) is 22.9 Å². The quantitative estimate of drug-likeness (QED) is 0.795. The van der Waals surface area contributed by atoms with Crippen LogP contribution in [0.4, 0.5) is 5.82 Å². The zero-order chi connectivity index (χ0) is 12.8. The van der Waals surface area contributed by atoms with Crippen LogP contribution in [0.1, 0.15) is 38.4 Å². The molecule has 1 N–H and O–H groups in total. The summed E-state index contributed by atoms with van der Waals surface area (Å²) < 4.78 is 7.60. The zero-order valence-corrected chi connectivity index (χ0v) is 11.7. The molecule has 0 aliphatic carbocycles. The maximum Gasteiger partial charge on any atom is 0.129 e. The van der Waals surface area contributed by atoms with E-state index in [1.165, 1.54) is 5.56 Å². The van der Waals surface area contributed by atoms with Crippen molar-refractivity contribution in [2.75, 3.05) is 18.5 Å². The van der Waals surface area contributed by atoms with Crippen molar-refractivity contribution in [2.24, 2.45) is 13.0 Å². The number of anilines is 1. The van der Waals surface area contributed by atoms with Crippen molar-refractivity contribution >= 4 is 5.82 Å². The summed E-state index contributed by atoms with van der Waals surface area (Å²) in [4.78, 5) is 0. The van der Waals surface area contributed by atoms with Crippen LogP contribution in [0.25, 0.3) is 0 Å². The second-order valence-corrected chi connectivity index (χ2v) is 4.87. The van der Waals surface area contributed by atoms with Gasteiger partial charge in [-0.3, -0.25) is 4.68 Å². The Bertz CT molecular complexity index is 345. The van der Waals surface area contributed by atoms with Crippen molar-refractivity contribution < 1.29 is 4.74 Å². The summed E-state index contributed by atoms with van der Waals surface area (Å²) >= 11 is 0. The predicted octanol–water partition coefficient (Wildman–Crippen LogP) is 2.72. The molecule has 0 aromatic carbocycles. The second-order valence-electron chi connectivity index (χ2n) is 4.87. The van der Waals surface area contributed by atoms with Crippen molar-refractivity contribution in [3.05, 3.63) is 11.3 Å². The van der Waals surface area contributed by atoms with Crippen molar-refractivity contribution in [1.82, 2.24) is 9.78 Å². The average Bonchev–Trinajstić information content (AvgIpc) is 2.51. The van der Waals surface area contributed by atoms with Crippen LogP contribution in [0.5, 0.6) is 0 Å². The second kappa shape index (κ2) is 6.64. The van der Waals surface area contributed by atoms with Gasteiger partial charge in [0.15, 0.2) is 0 Å². The molecule has 1 heterocycles. The highest BCUT2D eigenvalue weighted by Gasteiger charge is 2.12. The Hall–Kier alpha value is -1.03. The highest BCUT2D eigenvalue weighted by molar-refractivity contribution is 5.47. The predicted molar refractivity (Wildman–Crippen MR) is 71.2 cm³/mol. The molecule has 0 fully saturated rings. The average molecular weight is 239 g/mol. The molecule has 4 nitrogen and oxygen atoms in total. The topological polar surface area (TPSA) is 39.1 Å². The molecule has 0 aliphatic rings. The van der Waals surface area contributed by atoms with Gasteiger partial charge < -0.3 is 10.1 Å². The standard InChI is InChI=1S/C13H25N3O/c1-6-7-14-13-12(9-17-8-10(2)3)11(4)15-16(13)5/h10,14H,6-9H2,1-5H3. The molecule has 17 heavy (non-hydrogen) atoms. The number of nitrogens with zero attached hydrogens (tertiary/aromatic N) is 2. The molecule has 0 unspecified atom stereocenters. The largest absolute Gasteiger partial charge is 0.376 e. The van der Waals surface area contributed by atoms with E-state index in [2.05, 4.69) is 31.2 Å². The van der Waals surface area contributed by atoms with E-state index in [-0.39, 0.29) is 0 Å². The minimum absolute atomic E-state index is 0.569. The summed E-state index contributed by atoms with van der Waals surface area (Å²) in [5.41, 5.74) is 2.23. The van der Waals surface area contributed by atoms with Crippen LogP contribution < -0.4 is 5.32 Å². The summed E-state index contributed by atoms with van der Waals surface area (Å²) in [6.07, 6.45) is 1.11. The fourth-order valence-corrected chi connectivity index (χ4v) is 1.74. The first kappa shape index (κ1) is 14.0. The number of aromatic nitrogens is 2. The molecule has 0 amide bonds. The lowest BCUT2D eigenvalue weighted by molar-refractivity contribution is 0.0970. The van der Waals surface area contributed by atoms with Gasteiger partial charge in [0.25, 0.3) is 0 Å². The minimum atomic E-state index is 0.569. The Morgan fingerprint density at radius 2 is 2.12 bits per heavy atom. The van der Waals surface area contributed by atoms with Gasteiger partial charge in [-0.1, -0.05) is 20.8 Å². The third-order valence-electron chi connectivity index (χ3n) is 2.59. The Morgan fingerprint density at radius 1 is 1.41 bits per heavy atom. The summed E-state index contributed by atoms with van der Waals surface area (Å²) in [5, 5.41) is 7.85. The molecule has 98 valence electrons. The van der Waals surface area contributed by atoms with E-state index in [4.69, 9.17) is 4.74 Å². The van der Waals surface area contributed by atoms with Gasteiger partial charge >= 0.3 is 0 Å². The highest BCUT2D eigenvalue weighted by Crippen LogP contribution is 2.20. The van der Waals surface area contributed by atoms with Crippen molar-refractivity contribution in [1.29, 1.82) is 0 Å². The van der Waals surface area contributed by atoms with Gasteiger partial charge in [0.05, 0.1) is 12.3 Å². The molecular weight excluding hydrogens is 214 g/mol. The van der Waals surface area contributed by atoms with E-state index in [0.29, 0.717) is 12.5 Å². The normalized spacial score (nSPS) is 11.2. The number of hydrogen-bond donors (Lipinski definition) is 1. The lowest BCUT2D eigenvalue weighted by Crippen LogP contribution is -2.08. The van der Waals surface area contributed by atoms with Gasteiger partial charge in [-0.2, -0.15) is 5.10 Å². The molecule has 0 bridgehead atoms. The summed E-state index contributed by atoms with van der Waals surface area (Å²) in [5.74, 6) is 1.66. The molecule has 4 heteroatoms. The molecule has 1 rings (SSSR count). The fraction of sp³-hybridized carbons (Fsp3) is 0.769. The molecule has 0 saturated heterocycles. The Balaban J connectivity index is 2.67. The fourth-order valence-electron chi connectivity index (χ4n) is 1.74. The molecule has 0 spiro atoms. The lowest BCUT2D eigenvalue weighted by Gasteiger charge is -2.10. The Labute approximate surface area is 104 Å². The molecule has 1 aromatic heterocycles. The zero-order valence-electron chi connectivity index (χ0n) is 11.7. The number of hydrogen-bond acceptors (Lipinski definition) is 3. The molecule has 0 saturated carbocycles. The third kappa shape index (κ3) is 4.04. The molecule has 1 aromatic rings. The van der Waals surface area contributed by atoms with Crippen LogP contribution >= 0.6 is 0 Å². The monoisotopic (exact) mass is 239 g/mol. The van der Waals surface area contributed by atoms with E-state index in [1.807, 2.05) is 18.7 Å². The van der Waals surface area contributed by atoms with Gasteiger partial charge in [0, 0.05) is 25.8 Å². The first-order chi connectivity index (χ1) is 8.06. The first-order valence-electron chi connectivity index (χ1n) is 6.40. The van der Waals surface area contributed by atoms with E-state index < -0.39 is 0 Å². The van der Waals surface area contributed by atoms with Crippen LogP contribution in [0.3, 0.4) is 0 Å². The SMILES string of the molecule is CCCNc1c(COCC(C)C)c(C)nn1C. The molecule has 0 radical (unpaired) electrons. The summed E-state index contributed by atoms with van der Waals surface area (Å²) in [6.45, 7) is 10.9. The van der Waals surface area contributed by atoms with Gasteiger partial charge in [0.2, 0.25) is 0 Å². The lowest BCUT2D eigenvalue weighted by atomic mass is 10.2. The van der Waals surface area contributed by atoms with Crippen LogP contribution in [-0.2, 0) is 18.4 Å². The molecular formula is C13H25N3O. The maximum absolute atomic E-state index is 5.70. The van der Waals surface area contributed by atoms with E-state index >= 15 is 0 Å². The van der Waals surface area contributed by atoms with Gasteiger partial charge in [0.1, 0.15) is 5.82 Å². The molecule has 0 atom stereocenters. The van der Waals surface area contributed by atoms with Crippen molar-refractivity contribution in [3.8, 4) is 0 Å². The maximum atomic E-state index is 5.70. The van der Waals surface area contributed by atoms with E-state index in [1.54, 1.807) is 0 Å². The Morgan fingerprint density at radius 3 is 2.71 bits per heavy atom. The van der Waals surface area contributed by atoms with Crippen LogP contribution in [0.15, 0.2) is 0 Å². The van der Waals surface area contributed by atoms with Gasteiger partial charge in [-0.15, -0.1) is 0 Å². The smallest absolute Gasteiger partial charge is 0.129 e. The molecule has 0 aliphatic heterocycles. The van der Waals surface area contributed by atoms with Gasteiger partial charge in [-0.05, 0) is 19.3 Å². The number of ether oxygens (including phenoxy) is 1. The van der Waals surface area contributed by atoms with Crippen LogP contribution in [0, 0.1) is 12.8 Å².